The van der Waals surface area contributed by atoms with Crippen LogP contribution in [0.1, 0.15) is 18.2 Å². The van der Waals surface area contributed by atoms with Gasteiger partial charge in [-0.2, -0.15) is 0 Å². The number of aryl methyl sites for hydroxylation is 1. The van der Waals surface area contributed by atoms with Crippen LogP contribution in [-0.4, -0.2) is 26.1 Å². The minimum absolute atomic E-state index is 0.0256. The molecular formula is C21H20N3O5S-. The summed E-state index contributed by atoms with van der Waals surface area (Å²) in [6.07, 6.45) is 3.03. The minimum atomic E-state index is -3.94. The number of rotatable bonds is 8. The second-order valence-corrected chi connectivity index (χ2v) is 7.78. The van der Waals surface area contributed by atoms with Gasteiger partial charge >= 0.3 is 0 Å². The molecule has 9 heteroatoms. The second kappa shape index (κ2) is 9.27. The maximum absolute atomic E-state index is 12.3. The van der Waals surface area contributed by atoms with Crippen LogP contribution in [0.15, 0.2) is 70.1 Å². The van der Waals surface area contributed by atoms with Crippen molar-refractivity contribution >= 4 is 33.5 Å². The fraction of sp³-hybridized carbons (Fsp3) is 0.143. The van der Waals surface area contributed by atoms with Gasteiger partial charge in [-0.15, -0.1) is 0 Å². The first-order valence-corrected chi connectivity index (χ1v) is 10.5. The highest BCUT2D eigenvalue weighted by molar-refractivity contribution is 7.94. The van der Waals surface area contributed by atoms with Gasteiger partial charge in [-0.3, -0.25) is 9.95 Å². The van der Waals surface area contributed by atoms with Gasteiger partial charge in [0.05, 0.1) is 11.5 Å². The first-order chi connectivity index (χ1) is 14.4. The number of carbonyl (C=O) groups excluding carboxylic acids is 1. The third kappa shape index (κ3) is 5.48. The van der Waals surface area contributed by atoms with Crippen LogP contribution in [0, 0.1) is 6.92 Å². The number of anilines is 1. The molecule has 1 heterocycles. The van der Waals surface area contributed by atoms with E-state index in [9.17, 15) is 13.2 Å². The van der Waals surface area contributed by atoms with Crippen LogP contribution >= 0.6 is 0 Å². The molecule has 3 rings (SSSR count). The van der Waals surface area contributed by atoms with Crippen LogP contribution in [0.4, 0.5) is 11.5 Å². The Labute approximate surface area is 174 Å². The Morgan fingerprint density at radius 2 is 1.93 bits per heavy atom. The predicted octanol–water partition coefficient (Wildman–Crippen LogP) is 4.43. The molecule has 3 aromatic rings. The summed E-state index contributed by atoms with van der Waals surface area (Å²) in [4.78, 5) is 12.2. The number of hydrogen-bond acceptors (Lipinski definition) is 6. The van der Waals surface area contributed by atoms with Crippen LogP contribution < -0.4 is 10.1 Å². The van der Waals surface area contributed by atoms with Gasteiger partial charge in [0, 0.05) is 17.3 Å². The first-order valence-electron chi connectivity index (χ1n) is 9.09. The summed E-state index contributed by atoms with van der Waals surface area (Å²) in [6.45, 7) is 4.05. The highest BCUT2D eigenvalue weighted by Crippen LogP contribution is 2.27. The zero-order valence-electron chi connectivity index (χ0n) is 16.4. The van der Waals surface area contributed by atoms with E-state index in [-0.39, 0.29) is 16.6 Å². The van der Waals surface area contributed by atoms with Gasteiger partial charge in [0.2, 0.25) is 15.9 Å². The molecule has 0 aliphatic rings. The molecule has 0 spiro atoms. The van der Waals surface area contributed by atoms with E-state index in [0.717, 1.165) is 5.56 Å². The standard InChI is InChI=1S/C21H21N3O5S/c1-3-28-19-7-5-4-6-16(19)8-13-21(25)22-17-9-11-18(12-10-17)30(26,27)24-20-14-15(2)29-23-20/h4-14H,3H2,1-2H3,(H2,22,23,24,25)/p-1. The Hall–Kier alpha value is -3.59. The van der Waals surface area contributed by atoms with Gasteiger partial charge in [0.1, 0.15) is 11.5 Å². The Bertz CT molecular complexity index is 1150. The number of benzene rings is 2. The number of amides is 1. The molecule has 0 bridgehead atoms. The number of nitrogens with one attached hydrogen (secondary N) is 1. The topological polar surface area (TPSA) is 113 Å². The molecule has 0 saturated carbocycles. The smallest absolute Gasteiger partial charge is 0.248 e. The molecule has 0 atom stereocenters. The molecule has 1 N–H and O–H groups in total. The molecule has 30 heavy (non-hydrogen) atoms. The van der Waals surface area contributed by atoms with E-state index in [2.05, 4.69) is 15.2 Å². The van der Waals surface area contributed by atoms with Crippen LogP contribution in [-0.2, 0) is 14.8 Å². The number of hydrogen-bond donors (Lipinski definition) is 1. The monoisotopic (exact) mass is 426 g/mol. The molecule has 0 saturated heterocycles. The molecule has 8 nitrogen and oxygen atoms in total. The third-order valence-electron chi connectivity index (χ3n) is 3.88. The highest BCUT2D eigenvalue weighted by atomic mass is 32.2. The average molecular weight is 426 g/mol. The SMILES string of the molecule is CCOc1ccccc1C=CC(=O)Nc1ccc(S(=O)(=O)[N-]c2cc(C)on2)cc1. The van der Waals surface area contributed by atoms with Crippen molar-refractivity contribution in [2.45, 2.75) is 18.7 Å². The lowest BCUT2D eigenvalue weighted by Gasteiger charge is -2.12. The van der Waals surface area contributed by atoms with Gasteiger partial charge in [0.15, 0.2) is 0 Å². The van der Waals surface area contributed by atoms with E-state index >= 15 is 0 Å². The van der Waals surface area contributed by atoms with Crippen molar-refractivity contribution in [2.24, 2.45) is 0 Å². The maximum atomic E-state index is 12.3. The summed E-state index contributed by atoms with van der Waals surface area (Å²) in [7, 11) is -3.94. The van der Waals surface area contributed by atoms with Crippen molar-refractivity contribution in [1.29, 1.82) is 0 Å². The van der Waals surface area contributed by atoms with Crippen molar-refractivity contribution in [3.63, 3.8) is 0 Å². The van der Waals surface area contributed by atoms with Crippen molar-refractivity contribution in [2.75, 3.05) is 11.9 Å². The lowest BCUT2D eigenvalue weighted by molar-refractivity contribution is -0.111. The number of sulfonamides is 1. The number of carbonyl (C=O) groups is 1. The zero-order chi connectivity index (χ0) is 21.6. The predicted molar refractivity (Wildman–Crippen MR) is 113 cm³/mol. The normalized spacial score (nSPS) is 11.4. The lowest BCUT2D eigenvalue weighted by Crippen LogP contribution is -2.08. The largest absolute Gasteiger partial charge is 0.493 e. The molecule has 0 aliphatic heterocycles. The Balaban J connectivity index is 1.64. The van der Waals surface area contributed by atoms with Gasteiger partial charge in [-0.25, -0.2) is 8.42 Å². The summed E-state index contributed by atoms with van der Waals surface area (Å²) in [6, 6.07) is 14.5. The number of para-hydroxylation sites is 1. The number of aromatic nitrogens is 1. The van der Waals surface area contributed by atoms with Gasteiger partial charge in [0.25, 0.3) is 0 Å². The van der Waals surface area contributed by atoms with Crippen molar-refractivity contribution in [1.82, 2.24) is 5.16 Å². The van der Waals surface area contributed by atoms with E-state index < -0.39 is 10.0 Å². The van der Waals surface area contributed by atoms with Crippen LogP contribution in [0.25, 0.3) is 10.8 Å². The summed E-state index contributed by atoms with van der Waals surface area (Å²) < 4.78 is 38.6. The van der Waals surface area contributed by atoms with Crippen LogP contribution in [0.3, 0.4) is 0 Å². The van der Waals surface area contributed by atoms with Gasteiger partial charge in [-0.1, -0.05) is 18.2 Å². The van der Waals surface area contributed by atoms with E-state index in [4.69, 9.17) is 9.26 Å². The van der Waals surface area contributed by atoms with Crippen LogP contribution in [0.5, 0.6) is 5.75 Å². The maximum Gasteiger partial charge on any atom is 0.248 e. The third-order valence-corrected chi connectivity index (χ3v) is 5.18. The molecule has 0 radical (unpaired) electrons. The fourth-order valence-corrected chi connectivity index (χ4v) is 3.45. The zero-order valence-corrected chi connectivity index (χ0v) is 17.2. The van der Waals surface area contributed by atoms with Gasteiger partial charge < -0.3 is 19.3 Å². The number of ether oxygens (including phenoxy) is 1. The molecular weight excluding hydrogens is 406 g/mol. The molecule has 1 amide bonds. The second-order valence-electron chi connectivity index (χ2n) is 6.18. The summed E-state index contributed by atoms with van der Waals surface area (Å²) in [5.74, 6) is 0.755. The molecule has 0 unspecified atom stereocenters. The van der Waals surface area contributed by atoms with E-state index in [1.165, 1.54) is 36.4 Å². The van der Waals surface area contributed by atoms with Crippen molar-refractivity contribution in [3.8, 4) is 5.75 Å². The summed E-state index contributed by atoms with van der Waals surface area (Å²) >= 11 is 0. The number of nitrogens with zero attached hydrogens (tertiary/aromatic N) is 2. The fourth-order valence-electron chi connectivity index (χ4n) is 2.54. The van der Waals surface area contributed by atoms with E-state index in [1.807, 2.05) is 31.2 Å². The van der Waals surface area contributed by atoms with Crippen molar-refractivity contribution in [3.05, 3.63) is 76.7 Å². The summed E-state index contributed by atoms with van der Waals surface area (Å²) in [5, 5.41) is 6.23. The summed E-state index contributed by atoms with van der Waals surface area (Å²) in [5.41, 5.74) is 1.22. The van der Waals surface area contributed by atoms with E-state index in [0.29, 0.717) is 23.8 Å². The van der Waals surface area contributed by atoms with Crippen molar-refractivity contribution < 1.29 is 22.5 Å². The first kappa shape index (κ1) is 21.1. The lowest BCUT2D eigenvalue weighted by atomic mass is 10.2. The Morgan fingerprint density at radius 1 is 1.20 bits per heavy atom. The Morgan fingerprint density at radius 3 is 2.60 bits per heavy atom. The van der Waals surface area contributed by atoms with E-state index in [1.54, 1.807) is 13.0 Å². The molecule has 156 valence electrons. The Kier molecular flexibility index (Phi) is 6.53. The molecule has 1 aromatic heterocycles. The minimum Gasteiger partial charge on any atom is -0.493 e. The molecule has 0 aliphatic carbocycles. The molecule has 2 aromatic carbocycles. The quantitative estimate of drug-likeness (QED) is 0.533. The van der Waals surface area contributed by atoms with Gasteiger partial charge in [-0.05, 0) is 62.1 Å². The van der Waals surface area contributed by atoms with Crippen LogP contribution in [0.2, 0.25) is 0 Å². The highest BCUT2D eigenvalue weighted by Gasteiger charge is 2.11. The average Bonchev–Trinajstić information content (AvgIpc) is 3.12. The molecule has 0 fully saturated rings.